The lowest BCUT2D eigenvalue weighted by Gasteiger charge is -2.31. The fourth-order valence-electron chi connectivity index (χ4n) is 1.42. The highest BCUT2D eigenvalue weighted by molar-refractivity contribution is 4.95. The zero-order valence-corrected chi connectivity index (χ0v) is 11.5. The van der Waals surface area contributed by atoms with Crippen LogP contribution in [-0.4, -0.2) is 49.3 Å². The summed E-state index contributed by atoms with van der Waals surface area (Å²) >= 11 is 0. The molecule has 0 bridgehead atoms. The Morgan fingerprint density at radius 3 is 0.760 bits per heavy atom. The van der Waals surface area contributed by atoms with Gasteiger partial charge >= 0.3 is 36.0 Å². The Morgan fingerprint density at radius 1 is 0.400 bits per heavy atom. The maximum absolute atomic E-state index is 13.1. The highest BCUT2D eigenvalue weighted by atomic mass is 19.4. The van der Waals surface area contributed by atoms with Crippen molar-refractivity contribution in [1.82, 2.24) is 0 Å². The molecule has 0 saturated carbocycles. The number of hydrogen-bond donors (Lipinski definition) is 0. The molecule has 0 aromatic heterocycles. The lowest BCUT2D eigenvalue weighted by atomic mass is 10.0. The van der Waals surface area contributed by atoms with Crippen LogP contribution in [0.4, 0.5) is 61.5 Å². The Morgan fingerprint density at radius 2 is 0.600 bits per heavy atom. The van der Waals surface area contributed by atoms with Gasteiger partial charge in [-0.25, -0.2) is 8.78 Å². The van der Waals surface area contributed by atoms with E-state index in [2.05, 4.69) is 4.74 Å². The third kappa shape index (κ3) is 5.00. The predicted octanol–water partition coefficient (Wildman–Crippen LogP) is 5.45. The fourth-order valence-corrected chi connectivity index (χ4v) is 1.42. The van der Waals surface area contributed by atoms with Gasteiger partial charge in [0.05, 0.1) is 13.2 Å². The normalized spacial score (nSPS) is 15.6. The first-order chi connectivity index (χ1) is 10.7. The summed E-state index contributed by atoms with van der Waals surface area (Å²) in [6.45, 7) is -3.72. The molecular weight excluding hydrogens is 402 g/mol. The van der Waals surface area contributed by atoms with E-state index in [0.29, 0.717) is 0 Å². The lowest BCUT2D eigenvalue weighted by Crippen LogP contribution is -2.54. The van der Waals surface area contributed by atoms with Crippen LogP contribution in [0.5, 0.6) is 0 Å². The van der Waals surface area contributed by atoms with Gasteiger partial charge in [0.25, 0.3) is 0 Å². The van der Waals surface area contributed by atoms with E-state index in [1.165, 1.54) is 0 Å². The lowest BCUT2D eigenvalue weighted by molar-refractivity contribution is -0.347. The van der Waals surface area contributed by atoms with Gasteiger partial charge in [-0.1, -0.05) is 0 Å². The van der Waals surface area contributed by atoms with Crippen LogP contribution in [0.1, 0.15) is 12.8 Å². The molecule has 15 heteroatoms. The van der Waals surface area contributed by atoms with Crippen LogP contribution >= 0.6 is 0 Å². The molecule has 0 atom stereocenters. The second-order valence-corrected chi connectivity index (χ2v) is 4.71. The summed E-state index contributed by atoms with van der Waals surface area (Å²) in [6, 6.07) is 0. The summed E-state index contributed by atoms with van der Waals surface area (Å²) in [6.07, 6.45) is -30.8. The van der Waals surface area contributed by atoms with Gasteiger partial charge in [0.2, 0.25) is 0 Å². The van der Waals surface area contributed by atoms with Crippen LogP contribution in [0.15, 0.2) is 0 Å². The Hall–Kier alpha value is -1.02. The van der Waals surface area contributed by atoms with Crippen LogP contribution < -0.4 is 0 Å². The molecule has 25 heavy (non-hydrogen) atoms. The SMILES string of the molecule is FC(F)(F)C(F)(CCOCCC(F)(C(F)(F)F)C(F)(F)F)C(F)(F)F. The average molecular weight is 410 g/mol. The first kappa shape index (κ1) is 24.0. The first-order valence-electron chi connectivity index (χ1n) is 5.93. The largest absolute Gasteiger partial charge is 0.431 e. The van der Waals surface area contributed by atoms with Crippen LogP contribution in [0.3, 0.4) is 0 Å². The van der Waals surface area contributed by atoms with Gasteiger partial charge in [-0.3, -0.25) is 0 Å². The molecule has 152 valence electrons. The van der Waals surface area contributed by atoms with E-state index in [0.717, 1.165) is 0 Å². The Labute approximate surface area is 129 Å². The summed E-state index contributed by atoms with van der Waals surface area (Å²) < 4.78 is 175. The molecule has 0 aliphatic rings. The molecular formula is C10H8F14O. The number of ether oxygens (including phenoxy) is 1. The summed E-state index contributed by atoms with van der Waals surface area (Å²) in [5, 5.41) is 0. The maximum atomic E-state index is 13.1. The second-order valence-electron chi connectivity index (χ2n) is 4.71. The monoisotopic (exact) mass is 410 g/mol. The minimum atomic E-state index is -6.46. The first-order valence-corrected chi connectivity index (χ1v) is 5.93. The molecule has 0 aliphatic heterocycles. The molecule has 0 spiro atoms. The summed E-state index contributed by atoms with van der Waals surface area (Å²) in [4.78, 5) is 0. The fraction of sp³-hybridized carbons (Fsp3) is 1.00. The molecule has 0 fully saturated rings. The van der Waals surface area contributed by atoms with Crippen LogP contribution in [0.25, 0.3) is 0 Å². The van der Waals surface area contributed by atoms with Crippen molar-refractivity contribution in [3.05, 3.63) is 0 Å². The van der Waals surface area contributed by atoms with Crippen LogP contribution in [-0.2, 0) is 4.74 Å². The minimum absolute atomic E-state index is 1.86. The standard InChI is InChI=1S/C10H8F14O/c11-5(7(13,14)15,8(16,17)18)1-3-25-4-2-6(12,9(19,20)21)10(22,23)24/h1-4H2. The quantitative estimate of drug-likeness (QED) is 0.418. The number of halogens is 14. The van der Waals surface area contributed by atoms with Crippen molar-refractivity contribution < 1.29 is 66.2 Å². The molecule has 0 N–H and O–H groups in total. The van der Waals surface area contributed by atoms with Crippen molar-refractivity contribution in [3.63, 3.8) is 0 Å². The van der Waals surface area contributed by atoms with Crippen molar-refractivity contribution in [3.8, 4) is 0 Å². The zero-order valence-electron chi connectivity index (χ0n) is 11.5. The highest BCUT2D eigenvalue weighted by Crippen LogP contribution is 2.49. The third-order valence-corrected chi connectivity index (χ3v) is 2.98. The van der Waals surface area contributed by atoms with Gasteiger partial charge < -0.3 is 4.74 Å². The van der Waals surface area contributed by atoms with Gasteiger partial charge in [0, 0.05) is 12.8 Å². The summed E-state index contributed by atoms with van der Waals surface area (Å²) in [5.74, 6) is 0. The van der Waals surface area contributed by atoms with Gasteiger partial charge in [0.15, 0.2) is 0 Å². The van der Waals surface area contributed by atoms with Gasteiger partial charge in [-0.15, -0.1) is 0 Å². The molecule has 0 saturated heterocycles. The molecule has 0 radical (unpaired) electrons. The molecule has 0 aromatic rings. The highest BCUT2D eigenvalue weighted by Gasteiger charge is 2.73. The molecule has 0 rings (SSSR count). The van der Waals surface area contributed by atoms with E-state index >= 15 is 0 Å². The molecule has 1 nitrogen and oxygen atoms in total. The van der Waals surface area contributed by atoms with Gasteiger partial charge in [-0.2, -0.15) is 52.7 Å². The second kappa shape index (κ2) is 6.95. The van der Waals surface area contributed by atoms with Gasteiger partial charge in [0.1, 0.15) is 0 Å². The molecule has 0 unspecified atom stereocenters. The molecule has 0 aliphatic carbocycles. The smallest absolute Gasteiger partial charge is 0.381 e. The van der Waals surface area contributed by atoms with Gasteiger partial charge in [-0.05, 0) is 0 Å². The topological polar surface area (TPSA) is 9.23 Å². The minimum Gasteiger partial charge on any atom is -0.381 e. The van der Waals surface area contributed by atoms with E-state index in [1.54, 1.807) is 0 Å². The van der Waals surface area contributed by atoms with Crippen LogP contribution in [0, 0.1) is 0 Å². The predicted molar refractivity (Wildman–Crippen MR) is 52.0 cm³/mol. The van der Waals surface area contributed by atoms with Crippen molar-refractivity contribution in [2.45, 2.75) is 48.9 Å². The van der Waals surface area contributed by atoms with E-state index < -0.39 is 62.1 Å². The molecule has 0 heterocycles. The van der Waals surface area contributed by atoms with Crippen molar-refractivity contribution >= 4 is 0 Å². The van der Waals surface area contributed by atoms with E-state index in [9.17, 15) is 61.5 Å². The van der Waals surface area contributed by atoms with Crippen molar-refractivity contribution in [2.75, 3.05) is 13.2 Å². The Balaban J connectivity index is 4.88. The number of hydrogen-bond acceptors (Lipinski definition) is 1. The molecule has 0 amide bonds. The average Bonchev–Trinajstić information content (AvgIpc) is 2.32. The Bertz CT molecular complexity index is 359. The van der Waals surface area contributed by atoms with E-state index in [1.807, 2.05) is 0 Å². The zero-order chi connectivity index (χ0) is 20.5. The summed E-state index contributed by atoms with van der Waals surface area (Å²) in [7, 11) is 0. The van der Waals surface area contributed by atoms with Crippen molar-refractivity contribution in [2.24, 2.45) is 0 Å². The van der Waals surface area contributed by atoms with E-state index in [-0.39, 0.29) is 0 Å². The number of rotatable bonds is 6. The Kier molecular flexibility index (Phi) is 6.66. The van der Waals surface area contributed by atoms with Crippen LogP contribution in [0.2, 0.25) is 0 Å². The summed E-state index contributed by atoms with van der Waals surface area (Å²) in [5.41, 5.74) is -11.6. The third-order valence-electron chi connectivity index (χ3n) is 2.98. The molecule has 0 aromatic carbocycles. The van der Waals surface area contributed by atoms with E-state index in [4.69, 9.17) is 0 Å². The van der Waals surface area contributed by atoms with Crippen molar-refractivity contribution in [1.29, 1.82) is 0 Å². The maximum Gasteiger partial charge on any atom is 0.431 e. The number of alkyl halides is 14.